The van der Waals surface area contributed by atoms with Gasteiger partial charge >= 0.3 is 0 Å². The summed E-state index contributed by atoms with van der Waals surface area (Å²) in [7, 11) is -3.69. The average Bonchev–Trinajstić information content (AvgIpc) is 2.47. The predicted molar refractivity (Wildman–Crippen MR) is 81.1 cm³/mol. The fourth-order valence-corrected chi connectivity index (χ4v) is 3.53. The number of nitriles is 1. The molecule has 4 nitrogen and oxygen atoms in total. The molecule has 2 aromatic carbocycles. The van der Waals surface area contributed by atoms with Gasteiger partial charge in [-0.05, 0) is 31.0 Å². The second-order valence-corrected chi connectivity index (χ2v) is 6.50. The van der Waals surface area contributed by atoms with Crippen LogP contribution in [0, 0.1) is 11.3 Å². The molecule has 0 aliphatic carbocycles. The van der Waals surface area contributed by atoms with Gasteiger partial charge < -0.3 is 0 Å². The molecule has 2 rings (SSSR count). The number of nitrogens with zero attached hydrogens (tertiary/aromatic N) is 1. The molecule has 0 spiro atoms. The SMILES string of the molecule is CC(Cc1ccccc1)NS(=O)(=O)c1ccccc1C#N. The summed E-state index contributed by atoms with van der Waals surface area (Å²) in [4.78, 5) is 0.0208. The number of rotatable bonds is 5. The molecule has 0 radical (unpaired) electrons. The number of sulfonamides is 1. The van der Waals surface area contributed by atoms with Crippen LogP contribution >= 0.6 is 0 Å². The van der Waals surface area contributed by atoms with Gasteiger partial charge in [0.2, 0.25) is 10.0 Å². The highest BCUT2D eigenvalue weighted by atomic mass is 32.2. The minimum atomic E-state index is -3.69. The topological polar surface area (TPSA) is 70.0 Å². The second kappa shape index (κ2) is 6.53. The van der Waals surface area contributed by atoms with Crippen LogP contribution in [0.4, 0.5) is 0 Å². The van der Waals surface area contributed by atoms with Crippen molar-refractivity contribution in [3.8, 4) is 6.07 Å². The summed E-state index contributed by atoms with van der Waals surface area (Å²) >= 11 is 0. The Balaban J connectivity index is 2.16. The van der Waals surface area contributed by atoms with E-state index >= 15 is 0 Å². The third-order valence-corrected chi connectivity index (χ3v) is 4.69. The Morgan fingerprint density at radius 3 is 2.38 bits per heavy atom. The first kappa shape index (κ1) is 15.2. The minimum Gasteiger partial charge on any atom is -0.208 e. The Morgan fingerprint density at radius 2 is 1.71 bits per heavy atom. The largest absolute Gasteiger partial charge is 0.242 e. The zero-order valence-electron chi connectivity index (χ0n) is 11.7. The highest BCUT2D eigenvalue weighted by Crippen LogP contribution is 2.15. The quantitative estimate of drug-likeness (QED) is 0.922. The lowest BCUT2D eigenvalue weighted by Gasteiger charge is -2.15. The van der Waals surface area contributed by atoms with E-state index in [-0.39, 0.29) is 16.5 Å². The first-order valence-electron chi connectivity index (χ1n) is 6.58. The molecule has 0 saturated heterocycles. The van der Waals surface area contributed by atoms with E-state index in [1.807, 2.05) is 36.4 Å². The van der Waals surface area contributed by atoms with Gasteiger partial charge in [-0.2, -0.15) is 5.26 Å². The molecule has 108 valence electrons. The van der Waals surface area contributed by atoms with E-state index in [1.165, 1.54) is 12.1 Å². The molecule has 0 amide bonds. The third kappa shape index (κ3) is 3.91. The number of hydrogen-bond acceptors (Lipinski definition) is 3. The van der Waals surface area contributed by atoms with Crippen LogP contribution in [0.1, 0.15) is 18.1 Å². The molecule has 5 heteroatoms. The third-order valence-electron chi connectivity index (χ3n) is 3.04. The van der Waals surface area contributed by atoms with Crippen molar-refractivity contribution < 1.29 is 8.42 Å². The van der Waals surface area contributed by atoms with Gasteiger partial charge in [-0.1, -0.05) is 42.5 Å². The maximum atomic E-state index is 12.4. The van der Waals surface area contributed by atoms with E-state index in [4.69, 9.17) is 5.26 Å². The summed E-state index contributed by atoms with van der Waals surface area (Å²) < 4.78 is 27.3. The zero-order chi connectivity index (χ0) is 15.3. The summed E-state index contributed by atoms with van der Waals surface area (Å²) in [5.74, 6) is 0. The van der Waals surface area contributed by atoms with Crippen LogP contribution in [-0.2, 0) is 16.4 Å². The molecule has 0 bridgehead atoms. The van der Waals surface area contributed by atoms with Gasteiger partial charge in [0.15, 0.2) is 0 Å². The van der Waals surface area contributed by atoms with Crippen LogP contribution in [0.25, 0.3) is 0 Å². The van der Waals surface area contributed by atoms with Crippen molar-refractivity contribution in [2.24, 2.45) is 0 Å². The lowest BCUT2D eigenvalue weighted by molar-refractivity contribution is 0.559. The molecular weight excluding hydrogens is 284 g/mol. The molecule has 0 aromatic heterocycles. The normalized spacial score (nSPS) is 12.6. The Bertz CT molecular complexity index is 749. The predicted octanol–water partition coefficient (Wildman–Crippen LogP) is 2.47. The smallest absolute Gasteiger partial charge is 0.208 e. The van der Waals surface area contributed by atoms with Crippen molar-refractivity contribution in [2.75, 3.05) is 0 Å². The minimum absolute atomic E-state index is 0.0208. The molecule has 0 heterocycles. The lowest BCUT2D eigenvalue weighted by Crippen LogP contribution is -2.34. The van der Waals surface area contributed by atoms with Gasteiger partial charge in [-0.15, -0.1) is 0 Å². The standard InChI is InChI=1S/C16H16N2O2S/c1-13(11-14-7-3-2-4-8-14)18-21(19,20)16-10-6-5-9-15(16)12-17/h2-10,13,18H,11H2,1H3. The Kier molecular flexibility index (Phi) is 4.73. The van der Waals surface area contributed by atoms with Crippen molar-refractivity contribution >= 4 is 10.0 Å². The number of nitrogens with one attached hydrogen (secondary N) is 1. The molecule has 1 atom stereocenters. The summed E-state index contributed by atoms with van der Waals surface area (Å²) in [6, 6.07) is 17.5. The van der Waals surface area contributed by atoms with Crippen LogP contribution in [0.2, 0.25) is 0 Å². The van der Waals surface area contributed by atoms with Crippen LogP contribution in [0.5, 0.6) is 0 Å². The monoisotopic (exact) mass is 300 g/mol. The molecule has 2 aromatic rings. The Morgan fingerprint density at radius 1 is 1.10 bits per heavy atom. The van der Waals surface area contributed by atoms with E-state index in [1.54, 1.807) is 19.1 Å². The average molecular weight is 300 g/mol. The van der Waals surface area contributed by atoms with E-state index in [0.717, 1.165) is 5.56 Å². The second-order valence-electron chi connectivity index (χ2n) is 4.82. The first-order valence-corrected chi connectivity index (χ1v) is 8.06. The molecule has 21 heavy (non-hydrogen) atoms. The molecule has 0 aliphatic rings. The van der Waals surface area contributed by atoms with Crippen molar-refractivity contribution in [3.05, 3.63) is 65.7 Å². The summed E-state index contributed by atoms with van der Waals surface area (Å²) in [5.41, 5.74) is 1.21. The van der Waals surface area contributed by atoms with E-state index in [9.17, 15) is 8.42 Å². The van der Waals surface area contributed by atoms with Gasteiger partial charge in [-0.3, -0.25) is 0 Å². The van der Waals surface area contributed by atoms with Gasteiger partial charge in [0.25, 0.3) is 0 Å². The Hall–Kier alpha value is -2.16. The van der Waals surface area contributed by atoms with Crippen molar-refractivity contribution in [3.63, 3.8) is 0 Å². The van der Waals surface area contributed by atoms with Gasteiger partial charge in [0.05, 0.1) is 10.5 Å². The van der Waals surface area contributed by atoms with E-state index in [2.05, 4.69) is 4.72 Å². The van der Waals surface area contributed by atoms with E-state index in [0.29, 0.717) is 6.42 Å². The van der Waals surface area contributed by atoms with Gasteiger partial charge in [0.1, 0.15) is 6.07 Å². The van der Waals surface area contributed by atoms with Gasteiger partial charge in [0, 0.05) is 6.04 Å². The maximum Gasteiger partial charge on any atom is 0.242 e. The first-order chi connectivity index (χ1) is 10.0. The number of hydrogen-bond donors (Lipinski definition) is 1. The Labute approximate surface area is 125 Å². The van der Waals surface area contributed by atoms with Crippen LogP contribution in [0.3, 0.4) is 0 Å². The van der Waals surface area contributed by atoms with Crippen molar-refractivity contribution in [2.45, 2.75) is 24.3 Å². The molecule has 0 fully saturated rings. The molecule has 1 N–H and O–H groups in total. The van der Waals surface area contributed by atoms with Gasteiger partial charge in [-0.25, -0.2) is 13.1 Å². The maximum absolute atomic E-state index is 12.4. The molecule has 0 aliphatic heterocycles. The van der Waals surface area contributed by atoms with Crippen molar-refractivity contribution in [1.82, 2.24) is 4.72 Å². The summed E-state index contributed by atoms with van der Waals surface area (Å²) in [5, 5.41) is 9.01. The fourth-order valence-electron chi connectivity index (χ4n) is 2.13. The number of benzene rings is 2. The highest BCUT2D eigenvalue weighted by Gasteiger charge is 2.20. The fraction of sp³-hybridized carbons (Fsp3) is 0.188. The molecular formula is C16H16N2O2S. The summed E-state index contributed by atoms with van der Waals surface area (Å²) in [6.07, 6.45) is 0.592. The molecule has 1 unspecified atom stereocenters. The summed E-state index contributed by atoms with van der Waals surface area (Å²) in [6.45, 7) is 1.81. The van der Waals surface area contributed by atoms with Crippen LogP contribution in [-0.4, -0.2) is 14.5 Å². The zero-order valence-corrected chi connectivity index (χ0v) is 12.5. The van der Waals surface area contributed by atoms with Crippen LogP contribution in [0.15, 0.2) is 59.5 Å². The van der Waals surface area contributed by atoms with E-state index < -0.39 is 10.0 Å². The highest BCUT2D eigenvalue weighted by molar-refractivity contribution is 7.89. The molecule has 0 saturated carbocycles. The lowest BCUT2D eigenvalue weighted by atomic mass is 10.1. The van der Waals surface area contributed by atoms with Crippen LogP contribution < -0.4 is 4.72 Å². The van der Waals surface area contributed by atoms with Crippen molar-refractivity contribution in [1.29, 1.82) is 5.26 Å².